The first-order valence-corrected chi connectivity index (χ1v) is 7.06. The van der Waals surface area contributed by atoms with Crippen LogP contribution in [0.2, 0.25) is 0 Å². The monoisotopic (exact) mass is 254 g/mol. The molecule has 2 saturated carbocycles. The molecular formula is C16H18N2O. The molecule has 3 nitrogen and oxygen atoms in total. The van der Waals surface area contributed by atoms with Crippen molar-refractivity contribution in [1.82, 2.24) is 10.1 Å². The maximum Gasteiger partial charge on any atom is 0.230 e. The van der Waals surface area contributed by atoms with E-state index >= 15 is 0 Å². The van der Waals surface area contributed by atoms with Crippen LogP contribution in [0.5, 0.6) is 0 Å². The Morgan fingerprint density at radius 3 is 2.53 bits per heavy atom. The van der Waals surface area contributed by atoms with Gasteiger partial charge in [-0.2, -0.15) is 4.98 Å². The summed E-state index contributed by atoms with van der Waals surface area (Å²) in [6.45, 7) is 4.58. The van der Waals surface area contributed by atoms with Crippen LogP contribution < -0.4 is 0 Å². The second kappa shape index (κ2) is 3.69. The van der Waals surface area contributed by atoms with Crippen LogP contribution >= 0.6 is 0 Å². The summed E-state index contributed by atoms with van der Waals surface area (Å²) >= 11 is 0. The fourth-order valence-electron chi connectivity index (χ4n) is 3.26. The summed E-state index contributed by atoms with van der Waals surface area (Å²) in [4.78, 5) is 4.63. The minimum atomic E-state index is 0.217. The Morgan fingerprint density at radius 2 is 1.84 bits per heavy atom. The van der Waals surface area contributed by atoms with E-state index < -0.39 is 0 Å². The summed E-state index contributed by atoms with van der Waals surface area (Å²) in [6, 6.07) is 10.7. The zero-order chi connectivity index (χ0) is 13.0. The van der Waals surface area contributed by atoms with E-state index in [9.17, 15) is 0 Å². The molecule has 0 spiro atoms. The van der Waals surface area contributed by atoms with Crippen LogP contribution in [0, 0.1) is 5.41 Å². The fourth-order valence-corrected chi connectivity index (χ4v) is 3.26. The van der Waals surface area contributed by atoms with Gasteiger partial charge in [0.1, 0.15) is 0 Å². The van der Waals surface area contributed by atoms with Crippen LogP contribution in [-0.2, 0) is 0 Å². The molecule has 0 amide bonds. The minimum Gasteiger partial charge on any atom is -0.339 e. The van der Waals surface area contributed by atoms with Crippen LogP contribution in [0.25, 0.3) is 0 Å². The standard InChI is InChI=1S/C16H18N2O/c1-16(2)12(10-6-4-3-5-7-10)13(16)15-17-14(18-19-15)11-8-9-11/h3-7,11-13H,8-9H2,1-2H3/t12-,13+/m0/s1. The van der Waals surface area contributed by atoms with E-state index in [1.807, 2.05) is 0 Å². The molecule has 2 fully saturated rings. The molecule has 1 aromatic heterocycles. The molecule has 0 unspecified atom stereocenters. The fraction of sp³-hybridized carbons (Fsp3) is 0.500. The van der Waals surface area contributed by atoms with Crippen LogP contribution in [0.15, 0.2) is 34.9 Å². The van der Waals surface area contributed by atoms with E-state index in [2.05, 4.69) is 54.3 Å². The molecule has 4 rings (SSSR count). The Labute approximate surface area is 113 Å². The Morgan fingerprint density at radius 1 is 1.11 bits per heavy atom. The number of nitrogens with zero attached hydrogens (tertiary/aromatic N) is 2. The first-order valence-electron chi connectivity index (χ1n) is 7.06. The van der Waals surface area contributed by atoms with Crippen molar-refractivity contribution in [1.29, 1.82) is 0 Å². The summed E-state index contributed by atoms with van der Waals surface area (Å²) < 4.78 is 5.52. The minimum absolute atomic E-state index is 0.217. The van der Waals surface area contributed by atoms with Crippen LogP contribution in [0.3, 0.4) is 0 Å². The third kappa shape index (κ3) is 1.71. The van der Waals surface area contributed by atoms with Crippen molar-refractivity contribution in [2.45, 2.75) is 44.4 Å². The van der Waals surface area contributed by atoms with Crippen LogP contribution in [-0.4, -0.2) is 10.1 Å². The van der Waals surface area contributed by atoms with Crippen molar-refractivity contribution in [3.63, 3.8) is 0 Å². The van der Waals surface area contributed by atoms with Crippen molar-refractivity contribution in [3.8, 4) is 0 Å². The lowest BCUT2D eigenvalue weighted by atomic mass is 10.0. The second-order valence-corrected chi connectivity index (χ2v) is 6.45. The molecule has 2 aromatic rings. The SMILES string of the molecule is CC1(C)[C@@H](c2ccccc2)[C@@H]1c1nc(C2CC2)no1. The summed E-state index contributed by atoms with van der Waals surface area (Å²) in [5.41, 5.74) is 1.60. The number of benzene rings is 1. The normalized spacial score (nSPS) is 28.3. The van der Waals surface area contributed by atoms with E-state index in [1.54, 1.807) is 0 Å². The summed E-state index contributed by atoms with van der Waals surface area (Å²) in [7, 11) is 0. The smallest absolute Gasteiger partial charge is 0.230 e. The predicted octanol–water partition coefficient (Wildman–Crippen LogP) is 3.85. The van der Waals surface area contributed by atoms with Gasteiger partial charge in [0.05, 0.1) is 5.92 Å². The van der Waals surface area contributed by atoms with E-state index in [1.165, 1.54) is 18.4 Å². The molecule has 0 bridgehead atoms. The molecule has 2 aliphatic carbocycles. The Kier molecular flexibility index (Phi) is 2.17. The van der Waals surface area contributed by atoms with Gasteiger partial charge in [0.2, 0.25) is 5.89 Å². The lowest BCUT2D eigenvalue weighted by Gasteiger charge is -2.01. The molecule has 2 aliphatic rings. The van der Waals surface area contributed by atoms with Crippen LogP contribution in [0.1, 0.15) is 61.7 Å². The Hall–Kier alpha value is -1.64. The molecule has 1 aromatic carbocycles. The van der Waals surface area contributed by atoms with Crippen LogP contribution in [0.4, 0.5) is 0 Å². The van der Waals surface area contributed by atoms with Gasteiger partial charge in [0, 0.05) is 11.8 Å². The molecule has 2 atom stereocenters. The lowest BCUT2D eigenvalue weighted by Crippen LogP contribution is -1.91. The lowest BCUT2D eigenvalue weighted by molar-refractivity contribution is 0.363. The third-order valence-electron chi connectivity index (χ3n) is 4.65. The van der Waals surface area contributed by atoms with E-state index in [0.29, 0.717) is 17.8 Å². The van der Waals surface area contributed by atoms with E-state index in [4.69, 9.17) is 4.52 Å². The molecule has 0 saturated heterocycles. The van der Waals surface area contributed by atoms with E-state index in [0.717, 1.165) is 11.7 Å². The van der Waals surface area contributed by atoms with Gasteiger partial charge in [-0.25, -0.2) is 0 Å². The molecule has 0 aliphatic heterocycles. The Balaban J connectivity index is 1.64. The average molecular weight is 254 g/mol. The van der Waals surface area contributed by atoms with Gasteiger partial charge in [0.25, 0.3) is 0 Å². The van der Waals surface area contributed by atoms with Crippen molar-refractivity contribution in [3.05, 3.63) is 47.6 Å². The van der Waals surface area contributed by atoms with Gasteiger partial charge in [0.15, 0.2) is 5.82 Å². The first-order chi connectivity index (χ1) is 9.18. The topological polar surface area (TPSA) is 38.9 Å². The molecule has 19 heavy (non-hydrogen) atoms. The maximum absolute atomic E-state index is 5.52. The molecule has 0 radical (unpaired) electrons. The number of hydrogen-bond donors (Lipinski definition) is 0. The second-order valence-electron chi connectivity index (χ2n) is 6.45. The molecule has 1 heterocycles. The molecular weight excluding hydrogens is 236 g/mol. The highest BCUT2D eigenvalue weighted by Gasteiger charge is 2.62. The zero-order valence-electron chi connectivity index (χ0n) is 11.3. The third-order valence-corrected chi connectivity index (χ3v) is 4.65. The zero-order valence-corrected chi connectivity index (χ0v) is 11.3. The quantitative estimate of drug-likeness (QED) is 0.835. The number of rotatable bonds is 3. The molecule has 0 N–H and O–H groups in total. The van der Waals surface area contributed by atoms with Crippen molar-refractivity contribution in [2.75, 3.05) is 0 Å². The highest BCUT2D eigenvalue weighted by atomic mass is 16.5. The van der Waals surface area contributed by atoms with Crippen molar-refractivity contribution < 1.29 is 4.52 Å². The summed E-state index contributed by atoms with van der Waals surface area (Å²) in [6.07, 6.45) is 2.43. The van der Waals surface area contributed by atoms with Gasteiger partial charge in [-0.15, -0.1) is 0 Å². The first kappa shape index (κ1) is 11.2. The van der Waals surface area contributed by atoms with Crippen molar-refractivity contribution >= 4 is 0 Å². The van der Waals surface area contributed by atoms with Gasteiger partial charge >= 0.3 is 0 Å². The van der Waals surface area contributed by atoms with Gasteiger partial charge < -0.3 is 4.52 Å². The van der Waals surface area contributed by atoms with Gasteiger partial charge in [-0.3, -0.25) is 0 Å². The van der Waals surface area contributed by atoms with E-state index in [-0.39, 0.29) is 5.41 Å². The number of hydrogen-bond acceptors (Lipinski definition) is 3. The highest BCUT2D eigenvalue weighted by molar-refractivity contribution is 5.37. The van der Waals surface area contributed by atoms with Gasteiger partial charge in [-0.05, 0) is 23.8 Å². The summed E-state index contributed by atoms with van der Waals surface area (Å²) in [5, 5.41) is 4.15. The molecule has 98 valence electrons. The predicted molar refractivity (Wildman–Crippen MR) is 72.0 cm³/mol. The highest BCUT2D eigenvalue weighted by Crippen LogP contribution is 2.69. The average Bonchev–Trinajstić information content (AvgIpc) is 3.29. The summed E-state index contributed by atoms with van der Waals surface area (Å²) in [5.74, 6) is 3.19. The van der Waals surface area contributed by atoms with Crippen molar-refractivity contribution in [2.24, 2.45) is 5.41 Å². The Bertz CT molecular complexity index is 598. The molecule has 3 heteroatoms. The maximum atomic E-state index is 5.52. The largest absolute Gasteiger partial charge is 0.339 e. The van der Waals surface area contributed by atoms with Gasteiger partial charge in [-0.1, -0.05) is 49.3 Å². The number of aromatic nitrogens is 2.